The van der Waals surface area contributed by atoms with E-state index in [0.29, 0.717) is 13.0 Å². The average Bonchev–Trinajstić information content (AvgIpc) is 2.25. The van der Waals surface area contributed by atoms with Crippen LogP contribution in [0.3, 0.4) is 0 Å². The number of aliphatic hydroxyl groups is 2. The van der Waals surface area contributed by atoms with E-state index in [1.807, 2.05) is 0 Å². The van der Waals surface area contributed by atoms with Gasteiger partial charge in [-0.05, 0) is 20.0 Å². The Morgan fingerprint density at radius 1 is 1.56 bits per heavy atom. The normalized spacial score (nSPS) is 14.8. The van der Waals surface area contributed by atoms with Crippen molar-refractivity contribution in [2.75, 3.05) is 19.3 Å². The molecular formula is C9H15ClN4O2. The molecule has 0 saturated carbocycles. The molecule has 6 nitrogen and oxygen atoms in total. The quantitative estimate of drug-likeness (QED) is 0.570. The summed E-state index contributed by atoms with van der Waals surface area (Å²) in [5, 5.41) is 22.5. The SMILES string of the molecule is CNCCC(O)C(O)c1ncc(Cl)nc1N. The summed E-state index contributed by atoms with van der Waals surface area (Å²) < 4.78 is 0. The van der Waals surface area contributed by atoms with Gasteiger partial charge in [0.25, 0.3) is 0 Å². The first-order chi connectivity index (χ1) is 7.56. The summed E-state index contributed by atoms with van der Waals surface area (Å²) in [5.74, 6) is 0.0310. The topological polar surface area (TPSA) is 104 Å². The molecule has 1 aromatic heterocycles. The van der Waals surface area contributed by atoms with Crippen molar-refractivity contribution in [3.63, 3.8) is 0 Å². The van der Waals surface area contributed by atoms with Crippen molar-refractivity contribution in [1.29, 1.82) is 0 Å². The van der Waals surface area contributed by atoms with Crippen molar-refractivity contribution in [2.24, 2.45) is 0 Å². The smallest absolute Gasteiger partial charge is 0.149 e. The lowest BCUT2D eigenvalue weighted by atomic mass is 10.1. The molecule has 2 unspecified atom stereocenters. The second-order valence-electron chi connectivity index (χ2n) is 3.37. The number of rotatable bonds is 5. The third kappa shape index (κ3) is 3.28. The van der Waals surface area contributed by atoms with Crippen molar-refractivity contribution in [3.05, 3.63) is 17.0 Å². The Hall–Kier alpha value is -0.950. The Balaban J connectivity index is 2.75. The van der Waals surface area contributed by atoms with Crippen LogP contribution < -0.4 is 11.1 Å². The first kappa shape index (κ1) is 13.1. The molecule has 0 aliphatic rings. The van der Waals surface area contributed by atoms with Crippen LogP contribution in [-0.4, -0.2) is 39.9 Å². The maximum absolute atomic E-state index is 9.78. The molecule has 0 fully saturated rings. The molecule has 7 heteroatoms. The highest BCUT2D eigenvalue weighted by atomic mass is 35.5. The van der Waals surface area contributed by atoms with Gasteiger partial charge >= 0.3 is 0 Å². The van der Waals surface area contributed by atoms with Crippen molar-refractivity contribution in [1.82, 2.24) is 15.3 Å². The van der Waals surface area contributed by atoms with Gasteiger partial charge in [-0.2, -0.15) is 0 Å². The van der Waals surface area contributed by atoms with E-state index >= 15 is 0 Å². The van der Waals surface area contributed by atoms with E-state index in [1.165, 1.54) is 6.20 Å². The number of nitrogens with zero attached hydrogens (tertiary/aromatic N) is 2. The van der Waals surface area contributed by atoms with Gasteiger partial charge in [0.05, 0.1) is 12.3 Å². The number of hydrogen-bond donors (Lipinski definition) is 4. The number of nitrogen functional groups attached to an aromatic ring is 1. The second kappa shape index (κ2) is 5.95. The lowest BCUT2D eigenvalue weighted by Gasteiger charge is -2.17. The fourth-order valence-corrected chi connectivity index (χ4v) is 1.39. The molecule has 16 heavy (non-hydrogen) atoms. The maximum atomic E-state index is 9.78. The van der Waals surface area contributed by atoms with E-state index in [0.717, 1.165) is 0 Å². The van der Waals surface area contributed by atoms with Gasteiger partial charge in [-0.25, -0.2) is 4.98 Å². The van der Waals surface area contributed by atoms with Crippen LogP contribution >= 0.6 is 11.6 Å². The van der Waals surface area contributed by atoms with Crippen molar-refractivity contribution in [3.8, 4) is 0 Å². The van der Waals surface area contributed by atoms with E-state index in [4.69, 9.17) is 17.3 Å². The number of aliphatic hydroxyl groups excluding tert-OH is 2. The van der Waals surface area contributed by atoms with Crippen LogP contribution in [0, 0.1) is 0 Å². The first-order valence-corrected chi connectivity index (χ1v) is 5.22. The molecule has 1 rings (SSSR count). The molecule has 0 radical (unpaired) electrons. The number of hydrogen-bond acceptors (Lipinski definition) is 6. The molecule has 0 amide bonds. The Kier molecular flexibility index (Phi) is 4.88. The molecular weight excluding hydrogens is 232 g/mol. The van der Waals surface area contributed by atoms with Crippen LogP contribution in [0.1, 0.15) is 18.2 Å². The van der Waals surface area contributed by atoms with Crippen molar-refractivity contribution < 1.29 is 10.2 Å². The second-order valence-corrected chi connectivity index (χ2v) is 3.75. The lowest BCUT2D eigenvalue weighted by Crippen LogP contribution is -2.25. The van der Waals surface area contributed by atoms with Gasteiger partial charge in [-0.3, -0.25) is 4.98 Å². The van der Waals surface area contributed by atoms with Gasteiger partial charge in [-0.1, -0.05) is 11.6 Å². The number of anilines is 1. The molecule has 90 valence electrons. The number of nitrogens with two attached hydrogens (primary N) is 1. The predicted octanol–water partition coefficient (Wildman–Crippen LogP) is -0.284. The third-order valence-corrected chi connectivity index (χ3v) is 2.32. The molecule has 1 aromatic rings. The Morgan fingerprint density at radius 2 is 2.25 bits per heavy atom. The summed E-state index contributed by atoms with van der Waals surface area (Å²) in [6, 6.07) is 0. The predicted molar refractivity (Wildman–Crippen MR) is 61.0 cm³/mol. The molecule has 1 heterocycles. The molecule has 5 N–H and O–H groups in total. The van der Waals surface area contributed by atoms with Gasteiger partial charge in [0.15, 0.2) is 0 Å². The molecule has 0 aliphatic carbocycles. The van der Waals surface area contributed by atoms with Crippen LogP contribution in [0.4, 0.5) is 5.82 Å². The van der Waals surface area contributed by atoms with Crippen LogP contribution in [0.25, 0.3) is 0 Å². The number of aromatic nitrogens is 2. The molecule has 0 saturated heterocycles. The third-order valence-electron chi connectivity index (χ3n) is 2.13. The zero-order chi connectivity index (χ0) is 12.1. The minimum atomic E-state index is -1.15. The van der Waals surface area contributed by atoms with Crippen LogP contribution in [0.2, 0.25) is 5.15 Å². The van der Waals surface area contributed by atoms with Crippen molar-refractivity contribution in [2.45, 2.75) is 18.6 Å². The Bertz CT molecular complexity index is 350. The van der Waals surface area contributed by atoms with Gasteiger partial charge in [0.1, 0.15) is 22.8 Å². The Labute approximate surface area is 98.5 Å². The molecule has 2 atom stereocenters. The first-order valence-electron chi connectivity index (χ1n) is 4.85. The van der Waals surface area contributed by atoms with Crippen LogP contribution in [-0.2, 0) is 0 Å². The summed E-state index contributed by atoms with van der Waals surface area (Å²) in [6.45, 7) is 0.582. The summed E-state index contributed by atoms with van der Waals surface area (Å²) in [4.78, 5) is 7.61. The number of halogens is 1. The monoisotopic (exact) mass is 246 g/mol. The van der Waals surface area contributed by atoms with Crippen LogP contribution in [0.5, 0.6) is 0 Å². The summed E-state index contributed by atoms with van der Waals surface area (Å²) in [6.07, 6.45) is -0.425. The maximum Gasteiger partial charge on any atom is 0.149 e. The van der Waals surface area contributed by atoms with Crippen molar-refractivity contribution >= 4 is 17.4 Å². The van der Waals surface area contributed by atoms with Gasteiger partial charge in [-0.15, -0.1) is 0 Å². The standard InChI is InChI=1S/C9H15ClN4O2/c1-12-3-2-5(15)8(16)7-9(11)14-6(10)4-13-7/h4-5,8,12,15-16H,2-3H2,1H3,(H2,11,14). The fourth-order valence-electron chi connectivity index (χ4n) is 1.25. The van der Waals surface area contributed by atoms with Gasteiger partial charge in [0.2, 0.25) is 0 Å². The molecule has 0 aliphatic heterocycles. The lowest BCUT2D eigenvalue weighted by molar-refractivity contribution is 0.0118. The fraction of sp³-hybridized carbons (Fsp3) is 0.556. The van der Waals surface area contributed by atoms with E-state index < -0.39 is 12.2 Å². The highest BCUT2D eigenvalue weighted by Gasteiger charge is 2.22. The summed E-state index contributed by atoms with van der Waals surface area (Å²) >= 11 is 5.58. The molecule has 0 bridgehead atoms. The zero-order valence-corrected chi connectivity index (χ0v) is 9.65. The van der Waals surface area contributed by atoms with E-state index in [2.05, 4.69) is 15.3 Å². The van der Waals surface area contributed by atoms with Gasteiger partial charge < -0.3 is 21.3 Å². The molecule has 0 aromatic carbocycles. The average molecular weight is 247 g/mol. The number of nitrogens with one attached hydrogen (secondary N) is 1. The Morgan fingerprint density at radius 3 is 2.81 bits per heavy atom. The summed E-state index contributed by atoms with van der Waals surface area (Å²) in [7, 11) is 1.76. The highest BCUT2D eigenvalue weighted by molar-refractivity contribution is 6.29. The van der Waals surface area contributed by atoms with Crippen LogP contribution in [0.15, 0.2) is 6.20 Å². The zero-order valence-electron chi connectivity index (χ0n) is 8.89. The largest absolute Gasteiger partial charge is 0.390 e. The van der Waals surface area contributed by atoms with E-state index in [-0.39, 0.29) is 16.7 Å². The van der Waals surface area contributed by atoms with E-state index in [9.17, 15) is 10.2 Å². The van der Waals surface area contributed by atoms with E-state index in [1.54, 1.807) is 7.05 Å². The summed E-state index contributed by atoms with van der Waals surface area (Å²) in [5.41, 5.74) is 5.69. The minimum absolute atomic E-state index is 0.0310. The minimum Gasteiger partial charge on any atom is -0.390 e. The van der Waals surface area contributed by atoms with Gasteiger partial charge in [0, 0.05) is 0 Å². The molecule has 0 spiro atoms. The highest BCUT2D eigenvalue weighted by Crippen LogP contribution is 2.21.